The molecule has 0 unspecified atom stereocenters. The Kier molecular flexibility index (Phi) is 3.85. The van der Waals surface area contributed by atoms with Crippen molar-refractivity contribution in [3.05, 3.63) is 59.7 Å². The summed E-state index contributed by atoms with van der Waals surface area (Å²) >= 11 is 0. The zero-order chi connectivity index (χ0) is 13.8. The second kappa shape index (κ2) is 5.57. The summed E-state index contributed by atoms with van der Waals surface area (Å²) in [6.07, 6.45) is 0. The molecule has 0 saturated heterocycles. The molecule has 0 fully saturated rings. The van der Waals surface area contributed by atoms with E-state index in [-0.39, 0.29) is 11.7 Å². The summed E-state index contributed by atoms with van der Waals surface area (Å²) in [6, 6.07) is 13.8. The summed E-state index contributed by atoms with van der Waals surface area (Å²) in [7, 11) is 0. The zero-order valence-corrected chi connectivity index (χ0v) is 11.0. The third kappa shape index (κ3) is 2.94. The van der Waals surface area contributed by atoms with Crippen LogP contribution in [0.1, 0.15) is 35.7 Å². The molecule has 2 aromatic carbocycles. The van der Waals surface area contributed by atoms with Crippen LogP contribution in [0.5, 0.6) is 11.5 Å². The molecule has 0 aliphatic heterocycles. The lowest BCUT2D eigenvalue weighted by molar-refractivity contribution is 0.0732. The molecule has 0 saturated carbocycles. The van der Waals surface area contributed by atoms with Crippen LogP contribution in [0.2, 0.25) is 0 Å². The van der Waals surface area contributed by atoms with Gasteiger partial charge in [0.25, 0.3) is 0 Å². The lowest BCUT2D eigenvalue weighted by Crippen LogP contribution is -2.12. The summed E-state index contributed by atoms with van der Waals surface area (Å²) in [4.78, 5) is 12.2. The zero-order valence-electron chi connectivity index (χ0n) is 11.0. The van der Waals surface area contributed by atoms with Crippen molar-refractivity contribution < 1.29 is 14.6 Å². The predicted octanol–water partition coefficient (Wildman–Crippen LogP) is 3.73. The number of aromatic hydroxyl groups is 1. The molecule has 3 heteroatoms. The third-order valence-corrected chi connectivity index (χ3v) is 2.83. The molecule has 19 heavy (non-hydrogen) atoms. The molecular formula is C16H16O3. The Bertz CT molecular complexity index is 574. The van der Waals surface area contributed by atoms with Gasteiger partial charge < -0.3 is 9.84 Å². The molecule has 0 aliphatic rings. The summed E-state index contributed by atoms with van der Waals surface area (Å²) in [5.74, 6) is 0.202. The van der Waals surface area contributed by atoms with Gasteiger partial charge in [-0.1, -0.05) is 38.1 Å². The first-order chi connectivity index (χ1) is 9.09. The maximum atomic E-state index is 12.2. The Balaban J connectivity index is 2.32. The number of hydrogen-bond acceptors (Lipinski definition) is 3. The molecule has 1 N–H and O–H groups in total. The summed E-state index contributed by atoms with van der Waals surface area (Å²) < 4.78 is 5.30. The van der Waals surface area contributed by atoms with Gasteiger partial charge in [-0.15, -0.1) is 0 Å². The smallest absolute Gasteiger partial charge is 0.343 e. The van der Waals surface area contributed by atoms with Crippen LogP contribution < -0.4 is 4.74 Å². The maximum Gasteiger partial charge on any atom is 0.343 e. The average molecular weight is 256 g/mol. The molecule has 0 amide bonds. The topological polar surface area (TPSA) is 46.5 Å². The van der Waals surface area contributed by atoms with E-state index in [1.165, 1.54) is 0 Å². The van der Waals surface area contributed by atoms with Crippen LogP contribution in [-0.4, -0.2) is 11.1 Å². The molecular weight excluding hydrogens is 240 g/mol. The molecule has 3 nitrogen and oxygen atoms in total. The first-order valence-corrected chi connectivity index (χ1v) is 6.18. The van der Waals surface area contributed by atoms with Crippen molar-refractivity contribution in [2.45, 2.75) is 19.8 Å². The maximum absolute atomic E-state index is 12.2. The molecule has 98 valence electrons. The van der Waals surface area contributed by atoms with E-state index in [1.807, 2.05) is 19.9 Å². The number of ether oxygens (including phenoxy) is 1. The van der Waals surface area contributed by atoms with E-state index in [4.69, 9.17) is 4.74 Å². The van der Waals surface area contributed by atoms with Gasteiger partial charge in [-0.3, -0.25) is 0 Å². The number of hydrogen-bond donors (Lipinski definition) is 1. The van der Waals surface area contributed by atoms with E-state index < -0.39 is 5.97 Å². The summed E-state index contributed by atoms with van der Waals surface area (Å²) in [5, 5.41) is 9.87. The van der Waals surface area contributed by atoms with Crippen molar-refractivity contribution in [3.63, 3.8) is 0 Å². The SMILES string of the molecule is CC(C)c1c(O)cccc1C(=O)Oc1ccccc1. The standard InChI is InChI=1S/C16H16O3/c1-11(2)15-13(9-6-10-14(15)17)16(18)19-12-7-4-3-5-8-12/h3-11,17H,1-2H3. The van der Waals surface area contributed by atoms with Crippen LogP contribution in [-0.2, 0) is 0 Å². The van der Waals surface area contributed by atoms with E-state index in [1.54, 1.807) is 42.5 Å². The lowest BCUT2D eigenvalue weighted by Gasteiger charge is -2.13. The Morgan fingerprint density at radius 3 is 2.37 bits per heavy atom. The minimum Gasteiger partial charge on any atom is -0.508 e. The van der Waals surface area contributed by atoms with Crippen molar-refractivity contribution in [1.82, 2.24) is 0 Å². The lowest BCUT2D eigenvalue weighted by atomic mass is 9.96. The fourth-order valence-corrected chi connectivity index (χ4v) is 1.99. The number of carbonyl (C=O) groups excluding carboxylic acids is 1. The Morgan fingerprint density at radius 1 is 1.05 bits per heavy atom. The van der Waals surface area contributed by atoms with Crippen LogP contribution >= 0.6 is 0 Å². The van der Waals surface area contributed by atoms with E-state index >= 15 is 0 Å². The number of rotatable bonds is 3. The van der Waals surface area contributed by atoms with Crippen molar-refractivity contribution >= 4 is 5.97 Å². The highest BCUT2D eigenvalue weighted by molar-refractivity contribution is 5.93. The molecule has 0 aliphatic carbocycles. The molecule has 0 aromatic heterocycles. The summed E-state index contributed by atoms with van der Waals surface area (Å²) in [5.41, 5.74) is 1.02. The van der Waals surface area contributed by atoms with Gasteiger partial charge in [0.05, 0.1) is 5.56 Å². The number of para-hydroxylation sites is 1. The second-order valence-corrected chi connectivity index (χ2v) is 4.60. The van der Waals surface area contributed by atoms with Crippen LogP contribution in [0.4, 0.5) is 0 Å². The third-order valence-electron chi connectivity index (χ3n) is 2.83. The number of benzene rings is 2. The van der Waals surface area contributed by atoms with Gasteiger partial charge in [0.15, 0.2) is 0 Å². The first kappa shape index (κ1) is 13.1. The van der Waals surface area contributed by atoms with E-state index in [9.17, 15) is 9.90 Å². The van der Waals surface area contributed by atoms with Crippen molar-refractivity contribution in [3.8, 4) is 11.5 Å². The fraction of sp³-hybridized carbons (Fsp3) is 0.188. The predicted molar refractivity (Wildman–Crippen MR) is 73.6 cm³/mol. The van der Waals surface area contributed by atoms with Crippen LogP contribution in [0.25, 0.3) is 0 Å². The largest absolute Gasteiger partial charge is 0.508 e. The van der Waals surface area contributed by atoms with Crippen molar-refractivity contribution in [2.24, 2.45) is 0 Å². The highest BCUT2D eigenvalue weighted by atomic mass is 16.5. The van der Waals surface area contributed by atoms with E-state index in [2.05, 4.69) is 0 Å². The molecule has 2 rings (SSSR count). The fourth-order valence-electron chi connectivity index (χ4n) is 1.99. The van der Waals surface area contributed by atoms with Crippen LogP contribution in [0, 0.1) is 0 Å². The number of phenolic OH excluding ortho intramolecular Hbond substituents is 1. The summed E-state index contributed by atoms with van der Waals surface area (Å²) in [6.45, 7) is 3.85. The van der Waals surface area contributed by atoms with Gasteiger partial charge in [0.2, 0.25) is 0 Å². The second-order valence-electron chi connectivity index (χ2n) is 4.60. The number of phenols is 1. The molecule has 0 spiro atoms. The van der Waals surface area contributed by atoms with Crippen molar-refractivity contribution in [1.29, 1.82) is 0 Å². The normalized spacial score (nSPS) is 10.5. The first-order valence-electron chi connectivity index (χ1n) is 6.18. The number of esters is 1. The minimum atomic E-state index is -0.453. The van der Waals surface area contributed by atoms with Crippen molar-refractivity contribution in [2.75, 3.05) is 0 Å². The van der Waals surface area contributed by atoms with E-state index in [0.717, 1.165) is 0 Å². The molecule has 0 atom stereocenters. The Morgan fingerprint density at radius 2 is 1.74 bits per heavy atom. The monoisotopic (exact) mass is 256 g/mol. The van der Waals surface area contributed by atoms with Gasteiger partial charge in [-0.2, -0.15) is 0 Å². The molecule has 0 bridgehead atoms. The Hall–Kier alpha value is -2.29. The van der Waals surface area contributed by atoms with E-state index in [0.29, 0.717) is 16.9 Å². The number of carbonyl (C=O) groups is 1. The van der Waals surface area contributed by atoms with Gasteiger partial charge >= 0.3 is 5.97 Å². The van der Waals surface area contributed by atoms with Crippen LogP contribution in [0.3, 0.4) is 0 Å². The molecule has 0 heterocycles. The van der Waals surface area contributed by atoms with Gasteiger partial charge in [-0.05, 0) is 30.2 Å². The average Bonchev–Trinajstić information content (AvgIpc) is 2.39. The Labute approximate surface area is 112 Å². The highest BCUT2D eigenvalue weighted by Gasteiger charge is 2.18. The van der Waals surface area contributed by atoms with Crippen LogP contribution in [0.15, 0.2) is 48.5 Å². The quantitative estimate of drug-likeness (QED) is 0.672. The molecule has 0 radical (unpaired) electrons. The highest BCUT2D eigenvalue weighted by Crippen LogP contribution is 2.29. The van der Waals surface area contributed by atoms with Gasteiger partial charge in [-0.25, -0.2) is 4.79 Å². The van der Waals surface area contributed by atoms with Gasteiger partial charge in [0.1, 0.15) is 11.5 Å². The minimum absolute atomic E-state index is 0.0412. The van der Waals surface area contributed by atoms with Gasteiger partial charge in [0, 0.05) is 5.56 Å². The molecule has 2 aromatic rings.